The van der Waals surface area contributed by atoms with Gasteiger partial charge in [0, 0.05) is 25.8 Å². The zero-order chi connectivity index (χ0) is 20.1. The van der Waals surface area contributed by atoms with Gasteiger partial charge in [-0.25, -0.2) is 9.07 Å². The molecule has 1 heterocycles. The van der Waals surface area contributed by atoms with E-state index in [4.69, 9.17) is 0 Å². The summed E-state index contributed by atoms with van der Waals surface area (Å²) < 4.78 is 14.8. The van der Waals surface area contributed by atoms with Gasteiger partial charge in [-0.2, -0.15) is 5.10 Å². The van der Waals surface area contributed by atoms with Crippen LogP contribution in [0.5, 0.6) is 0 Å². The Morgan fingerprint density at radius 1 is 1.11 bits per heavy atom. The Morgan fingerprint density at radius 2 is 1.79 bits per heavy atom. The van der Waals surface area contributed by atoms with Gasteiger partial charge < -0.3 is 10.2 Å². The van der Waals surface area contributed by atoms with Crippen LogP contribution in [-0.2, 0) is 0 Å². The van der Waals surface area contributed by atoms with E-state index >= 15 is 0 Å². The molecule has 28 heavy (non-hydrogen) atoms. The lowest BCUT2D eigenvalue weighted by molar-refractivity contribution is 0.0952. The smallest absolute Gasteiger partial charge is 0.255 e. The lowest BCUT2D eigenvalue weighted by Crippen LogP contribution is -2.28. The Labute approximate surface area is 164 Å². The maximum atomic E-state index is 13.2. The molecule has 1 aromatic heterocycles. The number of anilines is 1. The van der Waals surface area contributed by atoms with Crippen molar-refractivity contribution in [1.82, 2.24) is 15.1 Å². The number of hydrogen-bond donors (Lipinski definition) is 1. The molecule has 0 aliphatic rings. The van der Waals surface area contributed by atoms with Gasteiger partial charge in [0.1, 0.15) is 5.82 Å². The highest BCUT2D eigenvalue weighted by molar-refractivity contribution is 5.96. The summed E-state index contributed by atoms with van der Waals surface area (Å²) in [5.41, 5.74) is 3.84. The highest BCUT2D eigenvalue weighted by Crippen LogP contribution is 2.18. The maximum absolute atomic E-state index is 13.2. The van der Waals surface area contributed by atoms with Crippen LogP contribution in [-0.4, -0.2) is 35.8 Å². The number of aryl methyl sites for hydroxylation is 1. The summed E-state index contributed by atoms with van der Waals surface area (Å²) >= 11 is 0. The third-order valence-corrected chi connectivity index (χ3v) is 4.74. The standard InChI is InChI=1S/C22H25FN4O/c1-16-21(17(2)27(25-16)20-12-10-18(23)11-13-20)22(28)24-14-7-15-26(3)19-8-5-4-6-9-19/h4-6,8-13H,7,14-15H2,1-3H3,(H,24,28). The molecule has 6 heteroatoms. The highest BCUT2D eigenvalue weighted by Gasteiger charge is 2.19. The van der Waals surface area contributed by atoms with Crippen LogP contribution in [0.25, 0.3) is 5.69 Å². The van der Waals surface area contributed by atoms with Gasteiger partial charge in [-0.05, 0) is 56.7 Å². The Morgan fingerprint density at radius 3 is 2.46 bits per heavy atom. The van der Waals surface area contributed by atoms with Crippen LogP contribution < -0.4 is 10.2 Å². The molecule has 0 unspecified atom stereocenters. The number of halogens is 1. The van der Waals surface area contributed by atoms with Crippen molar-refractivity contribution in [3.8, 4) is 5.69 Å². The van der Waals surface area contributed by atoms with E-state index in [9.17, 15) is 9.18 Å². The van der Waals surface area contributed by atoms with Gasteiger partial charge in [0.2, 0.25) is 0 Å². The van der Waals surface area contributed by atoms with Gasteiger partial charge >= 0.3 is 0 Å². The van der Waals surface area contributed by atoms with E-state index in [0.29, 0.717) is 17.8 Å². The molecule has 0 bridgehead atoms. The average Bonchev–Trinajstić information content (AvgIpc) is 3.00. The van der Waals surface area contributed by atoms with Crippen LogP contribution in [0.3, 0.4) is 0 Å². The Hall–Kier alpha value is -3.15. The fourth-order valence-electron chi connectivity index (χ4n) is 3.22. The van der Waals surface area contributed by atoms with Crippen molar-refractivity contribution in [3.63, 3.8) is 0 Å². The van der Waals surface area contributed by atoms with Crippen molar-refractivity contribution in [3.05, 3.63) is 77.4 Å². The van der Waals surface area contributed by atoms with Crippen LogP contribution in [0.1, 0.15) is 28.2 Å². The van der Waals surface area contributed by atoms with Gasteiger partial charge in [-0.3, -0.25) is 4.79 Å². The van der Waals surface area contributed by atoms with Crippen molar-refractivity contribution >= 4 is 11.6 Å². The van der Waals surface area contributed by atoms with Crippen LogP contribution in [0.2, 0.25) is 0 Å². The van der Waals surface area contributed by atoms with E-state index in [2.05, 4.69) is 27.4 Å². The predicted molar refractivity (Wildman–Crippen MR) is 110 cm³/mol. The number of carbonyl (C=O) groups excluding carboxylic acids is 1. The van der Waals surface area contributed by atoms with E-state index in [1.165, 1.54) is 12.1 Å². The summed E-state index contributed by atoms with van der Waals surface area (Å²) in [6, 6.07) is 16.2. The van der Waals surface area contributed by atoms with Crippen molar-refractivity contribution in [2.75, 3.05) is 25.0 Å². The van der Waals surface area contributed by atoms with Crippen molar-refractivity contribution in [1.29, 1.82) is 0 Å². The van der Waals surface area contributed by atoms with E-state index < -0.39 is 0 Å². The Kier molecular flexibility index (Phi) is 6.09. The molecule has 0 aliphatic heterocycles. The second-order valence-electron chi connectivity index (χ2n) is 6.80. The van der Waals surface area contributed by atoms with E-state index in [0.717, 1.165) is 30.0 Å². The quantitative estimate of drug-likeness (QED) is 0.633. The summed E-state index contributed by atoms with van der Waals surface area (Å²) in [4.78, 5) is 14.8. The van der Waals surface area contributed by atoms with Crippen molar-refractivity contribution < 1.29 is 9.18 Å². The molecule has 1 N–H and O–H groups in total. The first-order valence-electron chi connectivity index (χ1n) is 9.34. The molecule has 5 nitrogen and oxygen atoms in total. The first-order valence-corrected chi connectivity index (χ1v) is 9.34. The molecule has 0 atom stereocenters. The van der Waals surface area contributed by atoms with Gasteiger partial charge in [-0.1, -0.05) is 18.2 Å². The summed E-state index contributed by atoms with van der Waals surface area (Å²) in [6.07, 6.45) is 0.835. The maximum Gasteiger partial charge on any atom is 0.255 e. The summed E-state index contributed by atoms with van der Waals surface area (Å²) in [5, 5.41) is 7.43. The molecular weight excluding hydrogens is 355 g/mol. The van der Waals surface area contributed by atoms with E-state index in [1.54, 1.807) is 16.8 Å². The number of rotatable bonds is 7. The largest absolute Gasteiger partial charge is 0.375 e. The van der Waals surface area contributed by atoms with Crippen molar-refractivity contribution in [2.45, 2.75) is 20.3 Å². The number of nitrogens with zero attached hydrogens (tertiary/aromatic N) is 3. The lowest BCUT2D eigenvalue weighted by atomic mass is 10.2. The Bertz CT molecular complexity index is 935. The molecule has 2 aromatic carbocycles. The molecular formula is C22H25FN4O. The van der Waals surface area contributed by atoms with E-state index in [-0.39, 0.29) is 11.7 Å². The minimum absolute atomic E-state index is 0.134. The monoisotopic (exact) mass is 380 g/mol. The van der Waals surface area contributed by atoms with Gasteiger partial charge in [0.05, 0.1) is 22.6 Å². The normalized spacial score (nSPS) is 10.7. The molecule has 1 amide bonds. The van der Waals surface area contributed by atoms with E-state index in [1.807, 2.05) is 39.1 Å². The summed E-state index contributed by atoms with van der Waals surface area (Å²) in [7, 11) is 2.04. The number of benzene rings is 2. The minimum atomic E-state index is -0.302. The van der Waals surface area contributed by atoms with Gasteiger partial charge in [0.25, 0.3) is 5.91 Å². The zero-order valence-corrected chi connectivity index (χ0v) is 16.4. The number of hydrogen-bond acceptors (Lipinski definition) is 3. The first kappa shape index (κ1) is 19.6. The Balaban J connectivity index is 1.59. The number of nitrogens with one attached hydrogen (secondary N) is 1. The number of carbonyl (C=O) groups is 1. The molecule has 0 fully saturated rings. The predicted octanol–water partition coefficient (Wildman–Crippen LogP) is 3.88. The fourth-order valence-corrected chi connectivity index (χ4v) is 3.22. The summed E-state index contributed by atoms with van der Waals surface area (Å²) in [5.74, 6) is -0.436. The third kappa shape index (κ3) is 4.39. The number of para-hydroxylation sites is 1. The molecule has 146 valence electrons. The molecule has 0 saturated heterocycles. The van der Waals surface area contributed by atoms with Crippen LogP contribution in [0, 0.1) is 19.7 Å². The van der Waals surface area contributed by atoms with Gasteiger partial charge in [-0.15, -0.1) is 0 Å². The molecule has 0 radical (unpaired) electrons. The second-order valence-corrected chi connectivity index (χ2v) is 6.80. The number of amides is 1. The number of aromatic nitrogens is 2. The first-order chi connectivity index (χ1) is 13.5. The lowest BCUT2D eigenvalue weighted by Gasteiger charge is -2.19. The van der Waals surface area contributed by atoms with Gasteiger partial charge in [0.15, 0.2) is 0 Å². The highest BCUT2D eigenvalue weighted by atomic mass is 19.1. The van der Waals surface area contributed by atoms with Crippen LogP contribution in [0.15, 0.2) is 54.6 Å². The molecule has 3 aromatic rings. The average molecular weight is 380 g/mol. The molecule has 3 rings (SSSR count). The SMILES string of the molecule is Cc1nn(-c2ccc(F)cc2)c(C)c1C(=O)NCCCN(C)c1ccccc1. The molecule has 0 spiro atoms. The summed E-state index contributed by atoms with van der Waals surface area (Å²) in [6.45, 7) is 5.08. The van der Waals surface area contributed by atoms with Crippen LogP contribution in [0.4, 0.5) is 10.1 Å². The second kappa shape index (κ2) is 8.69. The fraction of sp³-hybridized carbons (Fsp3) is 0.273. The molecule has 0 aliphatic carbocycles. The van der Waals surface area contributed by atoms with Crippen molar-refractivity contribution in [2.24, 2.45) is 0 Å². The minimum Gasteiger partial charge on any atom is -0.375 e. The topological polar surface area (TPSA) is 50.2 Å². The van der Waals surface area contributed by atoms with Crippen LogP contribution >= 0.6 is 0 Å². The molecule has 0 saturated carbocycles. The third-order valence-electron chi connectivity index (χ3n) is 4.74. The zero-order valence-electron chi connectivity index (χ0n) is 16.4.